The van der Waals surface area contributed by atoms with Crippen molar-refractivity contribution in [3.63, 3.8) is 0 Å². The molecule has 0 unspecified atom stereocenters. The number of rotatable bonds is 2. The first-order valence-corrected chi connectivity index (χ1v) is 8.18. The van der Waals surface area contributed by atoms with Crippen LogP contribution in [0.25, 0.3) is 23.0 Å². The number of aromatic nitrogens is 4. The molecular formula is C17H17FN6O2. The van der Waals surface area contributed by atoms with Crippen LogP contribution in [0.15, 0.2) is 28.8 Å². The van der Waals surface area contributed by atoms with Gasteiger partial charge in [0, 0.05) is 43.9 Å². The zero-order valence-corrected chi connectivity index (χ0v) is 14.4. The standard InChI is InChI=1S/C17H17FN6O2/c1-19-17(25)24-7-6-13-12(9-24)14(21-23(13)2)16-20-15(22-26-16)10-4-3-5-11(18)8-10/h3-5,8H,6-7,9H2,1-2H3,(H,19,25). The van der Waals surface area contributed by atoms with Gasteiger partial charge in [0.25, 0.3) is 5.89 Å². The average molecular weight is 356 g/mol. The maximum absolute atomic E-state index is 13.4. The molecule has 1 aromatic carbocycles. The van der Waals surface area contributed by atoms with Gasteiger partial charge in [0.1, 0.15) is 5.82 Å². The molecule has 0 bridgehead atoms. The highest BCUT2D eigenvalue weighted by Crippen LogP contribution is 2.30. The van der Waals surface area contributed by atoms with Crippen molar-refractivity contribution in [2.75, 3.05) is 13.6 Å². The van der Waals surface area contributed by atoms with Crippen LogP contribution in [0, 0.1) is 5.82 Å². The van der Waals surface area contributed by atoms with Crippen molar-refractivity contribution < 1.29 is 13.7 Å². The molecule has 26 heavy (non-hydrogen) atoms. The van der Waals surface area contributed by atoms with Crippen LogP contribution in [0.1, 0.15) is 11.3 Å². The summed E-state index contributed by atoms with van der Waals surface area (Å²) in [7, 11) is 3.45. The summed E-state index contributed by atoms with van der Waals surface area (Å²) < 4.78 is 20.6. The Morgan fingerprint density at radius 1 is 1.38 bits per heavy atom. The Kier molecular flexibility index (Phi) is 3.90. The summed E-state index contributed by atoms with van der Waals surface area (Å²) in [5.74, 6) is 0.169. The third-order valence-corrected chi connectivity index (χ3v) is 4.45. The Labute approximate surface area is 148 Å². The van der Waals surface area contributed by atoms with Crippen molar-refractivity contribution in [3.8, 4) is 23.0 Å². The summed E-state index contributed by atoms with van der Waals surface area (Å²) in [6.45, 7) is 1.03. The number of carbonyl (C=O) groups excluding carboxylic acids is 1. The molecule has 8 nitrogen and oxygen atoms in total. The van der Waals surface area contributed by atoms with Crippen LogP contribution in [0.4, 0.5) is 9.18 Å². The van der Waals surface area contributed by atoms with Gasteiger partial charge in [0.05, 0.1) is 6.54 Å². The van der Waals surface area contributed by atoms with Crippen LogP contribution < -0.4 is 5.32 Å². The fraction of sp³-hybridized carbons (Fsp3) is 0.294. The lowest BCUT2D eigenvalue weighted by molar-refractivity contribution is 0.194. The minimum atomic E-state index is -0.370. The third-order valence-electron chi connectivity index (χ3n) is 4.45. The lowest BCUT2D eigenvalue weighted by atomic mass is 10.1. The Morgan fingerprint density at radius 3 is 3.00 bits per heavy atom. The maximum atomic E-state index is 13.4. The summed E-state index contributed by atoms with van der Waals surface area (Å²) in [5, 5.41) is 11.1. The number of benzene rings is 1. The molecule has 1 aliphatic rings. The number of urea groups is 1. The zero-order valence-electron chi connectivity index (χ0n) is 14.4. The first-order chi connectivity index (χ1) is 12.6. The van der Waals surface area contributed by atoms with E-state index in [2.05, 4.69) is 20.6 Å². The van der Waals surface area contributed by atoms with Crippen LogP contribution in [-0.4, -0.2) is 44.4 Å². The van der Waals surface area contributed by atoms with E-state index in [0.717, 1.165) is 11.3 Å². The van der Waals surface area contributed by atoms with Gasteiger partial charge in [-0.2, -0.15) is 10.1 Å². The maximum Gasteiger partial charge on any atom is 0.317 e. The molecule has 4 rings (SSSR count). The first kappa shape index (κ1) is 16.2. The molecule has 9 heteroatoms. The van der Waals surface area contributed by atoms with Crippen molar-refractivity contribution in [1.29, 1.82) is 0 Å². The van der Waals surface area contributed by atoms with E-state index in [-0.39, 0.29) is 23.6 Å². The Balaban J connectivity index is 1.71. The van der Waals surface area contributed by atoms with E-state index in [1.54, 1.807) is 28.8 Å². The molecule has 2 amide bonds. The van der Waals surface area contributed by atoms with Gasteiger partial charge < -0.3 is 14.7 Å². The van der Waals surface area contributed by atoms with Crippen LogP contribution in [0.2, 0.25) is 0 Å². The van der Waals surface area contributed by atoms with Crippen molar-refractivity contribution in [3.05, 3.63) is 41.3 Å². The number of halogens is 1. The van der Waals surface area contributed by atoms with Crippen LogP contribution in [0.5, 0.6) is 0 Å². The number of hydrogen-bond donors (Lipinski definition) is 1. The van der Waals surface area contributed by atoms with Gasteiger partial charge in [0.2, 0.25) is 5.82 Å². The fourth-order valence-electron chi connectivity index (χ4n) is 3.16. The van der Waals surface area contributed by atoms with Crippen molar-refractivity contribution in [2.24, 2.45) is 7.05 Å². The molecule has 0 saturated carbocycles. The Hall–Kier alpha value is -3.23. The van der Waals surface area contributed by atoms with Gasteiger partial charge in [-0.05, 0) is 12.1 Å². The number of fused-ring (bicyclic) bond motifs is 1. The molecule has 0 aliphatic carbocycles. The molecule has 0 spiro atoms. The molecule has 1 N–H and O–H groups in total. The number of amides is 2. The highest BCUT2D eigenvalue weighted by molar-refractivity contribution is 5.74. The zero-order chi connectivity index (χ0) is 18.3. The Bertz CT molecular complexity index is 980. The van der Waals surface area contributed by atoms with E-state index in [0.29, 0.717) is 30.8 Å². The number of aryl methyl sites for hydroxylation is 1. The largest absolute Gasteiger partial charge is 0.341 e. The predicted octanol–water partition coefficient (Wildman–Crippen LogP) is 1.97. The number of nitrogens with one attached hydrogen (secondary N) is 1. The van der Waals surface area contributed by atoms with Crippen molar-refractivity contribution >= 4 is 6.03 Å². The van der Waals surface area contributed by atoms with E-state index in [1.807, 2.05) is 7.05 Å². The molecule has 0 radical (unpaired) electrons. The number of hydrogen-bond acceptors (Lipinski definition) is 5. The van der Waals surface area contributed by atoms with Gasteiger partial charge >= 0.3 is 6.03 Å². The lowest BCUT2D eigenvalue weighted by Crippen LogP contribution is -2.41. The average Bonchev–Trinajstić information content (AvgIpc) is 3.26. The SMILES string of the molecule is CNC(=O)N1CCc2c(c(-c3nc(-c4cccc(F)c4)no3)nn2C)C1. The highest BCUT2D eigenvalue weighted by Gasteiger charge is 2.29. The number of nitrogens with zero attached hydrogens (tertiary/aromatic N) is 5. The normalized spacial score (nSPS) is 13.6. The molecule has 134 valence electrons. The lowest BCUT2D eigenvalue weighted by Gasteiger charge is -2.26. The van der Waals surface area contributed by atoms with E-state index < -0.39 is 0 Å². The third kappa shape index (κ3) is 2.71. The molecular weight excluding hydrogens is 339 g/mol. The van der Waals surface area contributed by atoms with Crippen molar-refractivity contribution in [1.82, 2.24) is 30.1 Å². The van der Waals surface area contributed by atoms with E-state index >= 15 is 0 Å². The summed E-state index contributed by atoms with van der Waals surface area (Å²) in [6, 6.07) is 5.85. The quantitative estimate of drug-likeness (QED) is 0.758. The van der Waals surface area contributed by atoms with E-state index in [9.17, 15) is 9.18 Å². The van der Waals surface area contributed by atoms with Crippen molar-refractivity contribution in [2.45, 2.75) is 13.0 Å². The summed E-state index contributed by atoms with van der Waals surface area (Å²) in [4.78, 5) is 18.0. The molecule has 3 aromatic rings. The fourth-order valence-corrected chi connectivity index (χ4v) is 3.16. The summed E-state index contributed by atoms with van der Waals surface area (Å²) in [6.07, 6.45) is 0.692. The predicted molar refractivity (Wildman–Crippen MR) is 90.5 cm³/mol. The van der Waals surface area contributed by atoms with Crippen LogP contribution in [-0.2, 0) is 20.0 Å². The van der Waals surface area contributed by atoms with E-state index in [4.69, 9.17) is 4.52 Å². The smallest absolute Gasteiger partial charge is 0.317 e. The topological polar surface area (TPSA) is 89.1 Å². The molecule has 0 atom stereocenters. The van der Waals surface area contributed by atoms with Gasteiger partial charge in [-0.1, -0.05) is 17.3 Å². The summed E-state index contributed by atoms with van der Waals surface area (Å²) in [5.41, 5.74) is 2.99. The second kappa shape index (κ2) is 6.25. The van der Waals surface area contributed by atoms with E-state index in [1.165, 1.54) is 12.1 Å². The monoisotopic (exact) mass is 356 g/mol. The highest BCUT2D eigenvalue weighted by atomic mass is 19.1. The summed E-state index contributed by atoms with van der Waals surface area (Å²) >= 11 is 0. The van der Waals surface area contributed by atoms with Gasteiger partial charge in [-0.15, -0.1) is 0 Å². The first-order valence-electron chi connectivity index (χ1n) is 8.18. The Morgan fingerprint density at radius 2 is 2.23 bits per heavy atom. The van der Waals surface area contributed by atoms with Gasteiger partial charge in [0.15, 0.2) is 5.69 Å². The molecule has 0 saturated heterocycles. The molecule has 0 fully saturated rings. The molecule has 2 aromatic heterocycles. The van der Waals surface area contributed by atoms with Gasteiger partial charge in [-0.25, -0.2) is 9.18 Å². The molecule has 3 heterocycles. The minimum Gasteiger partial charge on any atom is -0.341 e. The van der Waals surface area contributed by atoms with Crippen LogP contribution >= 0.6 is 0 Å². The number of carbonyl (C=O) groups is 1. The van der Waals surface area contributed by atoms with Crippen LogP contribution in [0.3, 0.4) is 0 Å². The second-order valence-corrected chi connectivity index (χ2v) is 6.06. The minimum absolute atomic E-state index is 0.142. The van der Waals surface area contributed by atoms with Gasteiger partial charge in [-0.3, -0.25) is 4.68 Å². The second-order valence-electron chi connectivity index (χ2n) is 6.06. The molecule has 1 aliphatic heterocycles.